The van der Waals surface area contributed by atoms with E-state index < -0.39 is 0 Å². The molecular formula is C26H38N2O2S. The number of amides is 2. The highest BCUT2D eigenvalue weighted by Gasteiger charge is 2.44. The fraction of sp³-hybridized carbons (Fsp3) is 0.769. The van der Waals surface area contributed by atoms with Crippen LogP contribution in [-0.2, 0) is 4.79 Å². The van der Waals surface area contributed by atoms with Crippen LogP contribution < -0.4 is 0 Å². The van der Waals surface area contributed by atoms with E-state index in [1.807, 2.05) is 0 Å². The molecule has 3 heterocycles. The topological polar surface area (TPSA) is 40.6 Å². The predicted octanol–water partition coefficient (Wildman–Crippen LogP) is 5.69. The molecule has 31 heavy (non-hydrogen) atoms. The summed E-state index contributed by atoms with van der Waals surface area (Å²) in [7, 11) is 0. The molecule has 0 unspecified atom stereocenters. The lowest BCUT2D eigenvalue weighted by molar-refractivity contribution is -0.136. The van der Waals surface area contributed by atoms with Crippen LogP contribution in [0.1, 0.15) is 98.0 Å². The average Bonchev–Trinajstić information content (AvgIpc) is 3.47. The zero-order valence-electron chi connectivity index (χ0n) is 19.1. The second kappa shape index (κ2) is 9.25. The van der Waals surface area contributed by atoms with Crippen molar-refractivity contribution in [3.8, 4) is 0 Å². The molecule has 4 aliphatic rings. The smallest absolute Gasteiger partial charge is 0.264 e. The molecule has 0 radical (unpaired) electrons. The van der Waals surface area contributed by atoms with Crippen LogP contribution in [0.25, 0.3) is 0 Å². The van der Waals surface area contributed by atoms with Gasteiger partial charge >= 0.3 is 0 Å². The number of carbonyl (C=O) groups excluding carboxylic acids is 2. The minimum Gasteiger partial charge on any atom is -0.340 e. The van der Waals surface area contributed by atoms with Crippen LogP contribution in [0, 0.1) is 17.8 Å². The molecular weight excluding hydrogens is 404 g/mol. The lowest BCUT2D eigenvalue weighted by Crippen LogP contribution is -2.48. The monoisotopic (exact) mass is 442 g/mol. The van der Waals surface area contributed by atoms with Crippen molar-refractivity contribution >= 4 is 23.2 Å². The molecule has 2 atom stereocenters. The Morgan fingerprint density at radius 1 is 0.903 bits per heavy atom. The van der Waals surface area contributed by atoms with Crippen molar-refractivity contribution in [2.24, 2.45) is 17.8 Å². The Morgan fingerprint density at radius 3 is 2.45 bits per heavy atom. The van der Waals surface area contributed by atoms with Gasteiger partial charge in [-0.1, -0.05) is 26.2 Å². The first-order valence-electron chi connectivity index (χ1n) is 12.8. The van der Waals surface area contributed by atoms with Crippen LogP contribution in [0.15, 0.2) is 12.1 Å². The van der Waals surface area contributed by atoms with Crippen LogP contribution >= 0.6 is 11.3 Å². The third-order valence-corrected chi connectivity index (χ3v) is 9.80. The van der Waals surface area contributed by atoms with Gasteiger partial charge < -0.3 is 9.80 Å². The molecule has 0 bridgehead atoms. The Balaban J connectivity index is 1.25. The van der Waals surface area contributed by atoms with E-state index in [0.717, 1.165) is 56.1 Å². The van der Waals surface area contributed by atoms with Gasteiger partial charge in [0.25, 0.3) is 5.91 Å². The Labute approximate surface area is 191 Å². The maximum Gasteiger partial charge on any atom is 0.264 e. The van der Waals surface area contributed by atoms with E-state index in [-0.39, 0.29) is 17.9 Å². The second-order valence-electron chi connectivity index (χ2n) is 10.7. The van der Waals surface area contributed by atoms with Crippen LogP contribution in [0.2, 0.25) is 0 Å². The van der Waals surface area contributed by atoms with Crippen molar-refractivity contribution in [3.63, 3.8) is 0 Å². The van der Waals surface area contributed by atoms with Gasteiger partial charge in [0.2, 0.25) is 5.91 Å². The van der Waals surface area contributed by atoms with Gasteiger partial charge in [0.05, 0.1) is 10.9 Å². The van der Waals surface area contributed by atoms with E-state index in [2.05, 4.69) is 28.9 Å². The normalized spacial score (nSPS) is 32.2. The molecule has 0 N–H and O–H groups in total. The quantitative estimate of drug-likeness (QED) is 0.604. The minimum atomic E-state index is 0.211. The maximum atomic E-state index is 13.5. The number of hydrogen-bond acceptors (Lipinski definition) is 3. The molecule has 4 nitrogen and oxygen atoms in total. The van der Waals surface area contributed by atoms with E-state index in [1.54, 1.807) is 11.3 Å². The summed E-state index contributed by atoms with van der Waals surface area (Å²) in [5, 5.41) is 0. The van der Waals surface area contributed by atoms with Gasteiger partial charge in [-0.05, 0) is 81.3 Å². The van der Waals surface area contributed by atoms with Crippen LogP contribution in [-0.4, -0.2) is 47.3 Å². The SMILES string of the molecule is CC1CCC(C(=O)N2C[C@H]3CCCN(C(=O)c4ccc(C5CCCCC5)s4)[C@H]3C2)CC1. The highest BCUT2D eigenvalue weighted by molar-refractivity contribution is 7.14. The molecule has 1 aromatic heterocycles. The van der Waals surface area contributed by atoms with Gasteiger partial charge in [-0.15, -0.1) is 11.3 Å². The summed E-state index contributed by atoms with van der Waals surface area (Å²) >= 11 is 1.73. The molecule has 2 saturated carbocycles. The van der Waals surface area contributed by atoms with Gasteiger partial charge in [0.15, 0.2) is 0 Å². The summed E-state index contributed by atoms with van der Waals surface area (Å²) in [6.07, 6.45) is 13.2. The number of piperidine rings is 1. The van der Waals surface area contributed by atoms with Crippen molar-refractivity contribution in [1.82, 2.24) is 9.80 Å². The number of nitrogens with zero attached hydrogens (tertiary/aromatic N) is 2. The van der Waals surface area contributed by atoms with E-state index in [9.17, 15) is 9.59 Å². The molecule has 5 rings (SSSR count). The maximum absolute atomic E-state index is 13.5. The number of thiophene rings is 1. The molecule has 0 spiro atoms. The van der Waals surface area contributed by atoms with Crippen molar-refractivity contribution in [1.29, 1.82) is 0 Å². The van der Waals surface area contributed by atoms with Crippen molar-refractivity contribution in [3.05, 3.63) is 21.9 Å². The van der Waals surface area contributed by atoms with Gasteiger partial charge in [0.1, 0.15) is 0 Å². The number of carbonyl (C=O) groups is 2. The van der Waals surface area contributed by atoms with E-state index in [0.29, 0.717) is 17.7 Å². The molecule has 2 saturated heterocycles. The highest BCUT2D eigenvalue weighted by Crippen LogP contribution is 2.39. The summed E-state index contributed by atoms with van der Waals surface area (Å²) in [5.74, 6) is 2.68. The number of likely N-dealkylation sites (tertiary alicyclic amines) is 2. The van der Waals surface area contributed by atoms with Crippen molar-refractivity contribution in [2.75, 3.05) is 19.6 Å². The molecule has 2 aliphatic carbocycles. The third-order valence-electron chi connectivity index (χ3n) is 8.56. The Bertz CT molecular complexity index is 791. The summed E-state index contributed by atoms with van der Waals surface area (Å²) in [4.78, 5) is 33.2. The predicted molar refractivity (Wildman–Crippen MR) is 125 cm³/mol. The van der Waals surface area contributed by atoms with Gasteiger partial charge in [-0.2, -0.15) is 0 Å². The lowest BCUT2D eigenvalue weighted by atomic mass is 9.82. The first-order valence-corrected chi connectivity index (χ1v) is 13.6. The second-order valence-corrected chi connectivity index (χ2v) is 11.8. The third kappa shape index (κ3) is 4.44. The van der Waals surface area contributed by atoms with E-state index >= 15 is 0 Å². The molecule has 0 aromatic carbocycles. The molecule has 1 aromatic rings. The Morgan fingerprint density at radius 2 is 1.68 bits per heavy atom. The summed E-state index contributed by atoms with van der Waals surface area (Å²) < 4.78 is 0. The van der Waals surface area contributed by atoms with Gasteiger partial charge in [-0.3, -0.25) is 9.59 Å². The summed E-state index contributed by atoms with van der Waals surface area (Å²) in [5.41, 5.74) is 0. The molecule has 5 heteroatoms. The van der Waals surface area contributed by atoms with Gasteiger partial charge in [-0.25, -0.2) is 0 Å². The molecule has 4 fully saturated rings. The first-order chi connectivity index (χ1) is 15.1. The molecule has 170 valence electrons. The Kier molecular flexibility index (Phi) is 6.41. The Hall–Kier alpha value is -1.36. The minimum absolute atomic E-state index is 0.211. The van der Waals surface area contributed by atoms with E-state index in [4.69, 9.17) is 0 Å². The number of rotatable bonds is 3. The standard InChI is InChI=1S/C26H38N2O2S/c1-18-9-11-20(12-10-18)25(29)27-16-21-8-5-15-28(22(21)17-27)26(30)24-14-13-23(31-24)19-6-3-2-4-7-19/h13-14,18-22H,2-12,15-17H2,1H3/t18?,20?,21-,22+/m1/s1. The fourth-order valence-electron chi connectivity index (χ4n) is 6.59. The van der Waals surface area contributed by atoms with E-state index in [1.165, 1.54) is 49.8 Å². The average molecular weight is 443 g/mol. The van der Waals surface area contributed by atoms with Crippen LogP contribution in [0.5, 0.6) is 0 Å². The first kappa shape index (κ1) is 21.5. The molecule has 2 amide bonds. The number of hydrogen-bond donors (Lipinski definition) is 0. The van der Waals surface area contributed by atoms with Gasteiger partial charge in [0, 0.05) is 30.4 Å². The largest absolute Gasteiger partial charge is 0.340 e. The summed E-state index contributed by atoms with van der Waals surface area (Å²) in [6, 6.07) is 4.50. The summed E-state index contributed by atoms with van der Waals surface area (Å²) in [6.45, 7) is 4.76. The lowest BCUT2D eigenvalue weighted by Gasteiger charge is -2.36. The zero-order valence-corrected chi connectivity index (χ0v) is 19.9. The van der Waals surface area contributed by atoms with Crippen molar-refractivity contribution < 1.29 is 9.59 Å². The fourth-order valence-corrected chi connectivity index (χ4v) is 7.73. The molecule has 2 aliphatic heterocycles. The number of fused-ring (bicyclic) bond motifs is 1. The van der Waals surface area contributed by atoms with Crippen molar-refractivity contribution in [2.45, 2.75) is 89.5 Å². The van der Waals surface area contributed by atoms with Crippen LogP contribution in [0.3, 0.4) is 0 Å². The zero-order chi connectivity index (χ0) is 21.4. The highest BCUT2D eigenvalue weighted by atomic mass is 32.1. The van der Waals surface area contributed by atoms with Crippen LogP contribution in [0.4, 0.5) is 0 Å².